The number of unbranched alkanes of at least 4 members (excludes halogenated alkanes) is 1. The predicted octanol–water partition coefficient (Wildman–Crippen LogP) is 4.39. The van der Waals surface area contributed by atoms with Gasteiger partial charge in [-0.25, -0.2) is 4.79 Å². The van der Waals surface area contributed by atoms with Gasteiger partial charge >= 0.3 is 5.97 Å². The maximum Gasteiger partial charge on any atom is 0.335 e. The number of benzene rings is 1. The number of carbonyl (C=O) groups is 1. The molecule has 0 amide bonds. The van der Waals surface area contributed by atoms with Crippen LogP contribution in [-0.4, -0.2) is 36.6 Å². The highest BCUT2D eigenvalue weighted by Crippen LogP contribution is 2.64. The Labute approximate surface area is 167 Å². The van der Waals surface area contributed by atoms with E-state index in [0.29, 0.717) is 12.6 Å². The minimum absolute atomic E-state index is 0.00348. The van der Waals surface area contributed by atoms with Gasteiger partial charge in [0.2, 0.25) is 0 Å². The molecule has 28 heavy (non-hydrogen) atoms. The van der Waals surface area contributed by atoms with Crippen molar-refractivity contribution in [1.82, 2.24) is 4.90 Å². The number of nitrogens with zero attached hydrogens (tertiary/aromatic N) is 1. The van der Waals surface area contributed by atoms with Crippen molar-refractivity contribution in [3.8, 4) is 0 Å². The van der Waals surface area contributed by atoms with E-state index in [4.69, 9.17) is 4.74 Å². The van der Waals surface area contributed by atoms with Crippen LogP contribution in [0.2, 0.25) is 0 Å². The molecule has 1 aromatic rings. The third-order valence-electron chi connectivity index (χ3n) is 7.52. The number of rotatable bonds is 5. The number of ether oxygens (including phenoxy) is 1. The van der Waals surface area contributed by atoms with Gasteiger partial charge in [-0.2, -0.15) is 0 Å². The van der Waals surface area contributed by atoms with E-state index in [2.05, 4.69) is 60.5 Å². The molecule has 0 aromatic heterocycles. The summed E-state index contributed by atoms with van der Waals surface area (Å²) >= 11 is 0. The van der Waals surface area contributed by atoms with Gasteiger partial charge in [0.15, 0.2) is 0 Å². The predicted molar refractivity (Wildman–Crippen MR) is 111 cm³/mol. The van der Waals surface area contributed by atoms with E-state index in [9.17, 15) is 4.79 Å². The number of hydrogen-bond acceptors (Lipinski definition) is 4. The molecule has 4 nitrogen and oxygen atoms in total. The van der Waals surface area contributed by atoms with Gasteiger partial charge in [-0.1, -0.05) is 50.6 Å². The molecule has 148 valence electrons. The molecule has 4 heteroatoms. The van der Waals surface area contributed by atoms with Crippen LogP contribution < -0.4 is 5.32 Å². The Kier molecular flexibility index (Phi) is 4.16. The molecule has 5 rings (SSSR count). The number of esters is 1. The average molecular weight is 379 g/mol. The number of anilines is 1. The zero-order chi connectivity index (χ0) is 19.4. The lowest BCUT2D eigenvalue weighted by Gasteiger charge is -2.53. The fraction of sp³-hybridized carbons (Fsp3) is 0.542. The lowest BCUT2D eigenvalue weighted by atomic mass is 9.55. The van der Waals surface area contributed by atoms with Crippen molar-refractivity contribution in [2.75, 3.05) is 25.0 Å². The van der Waals surface area contributed by atoms with E-state index < -0.39 is 0 Å². The Hall–Kier alpha value is -2.07. The fourth-order valence-corrected chi connectivity index (χ4v) is 6.29. The third kappa shape index (κ3) is 2.24. The molecule has 1 fully saturated rings. The Morgan fingerprint density at radius 1 is 1.32 bits per heavy atom. The van der Waals surface area contributed by atoms with Crippen molar-refractivity contribution >= 4 is 11.7 Å². The first-order valence-electron chi connectivity index (χ1n) is 10.9. The molecule has 3 atom stereocenters. The van der Waals surface area contributed by atoms with Gasteiger partial charge in [-0.3, -0.25) is 4.90 Å². The Morgan fingerprint density at radius 2 is 2.18 bits per heavy atom. The van der Waals surface area contributed by atoms with Crippen molar-refractivity contribution in [1.29, 1.82) is 0 Å². The first-order valence-corrected chi connectivity index (χ1v) is 10.9. The molecule has 0 unspecified atom stereocenters. The summed E-state index contributed by atoms with van der Waals surface area (Å²) < 4.78 is 5.73. The van der Waals surface area contributed by atoms with Crippen molar-refractivity contribution in [2.45, 2.75) is 57.4 Å². The summed E-state index contributed by atoms with van der Waals surface area (Å²) in [5.41, 5.74) is 4.41. The Balaban J connectivity index is 1.69. The quantitative estimate of drug-likeness (QED) is 0.469. The van der Waals surface area contributed by atoms with E-state index in [1.807, 2.05) is 0 Å². The van der Waals surface area contributed by atoms with Crippen LogP contribution in [0.15, 0.2) is 47.7 Å². The van der Waals surface area contributed by atoms with Crippen LogP contribution in [0, 0.1) is 5.41 Å². The highest BCUT2D eigenvalue weighted by atomic mass is 16.5. The van der Waals surface area contributed by atoms with Gasteiger partial charge in [0.25, 0.3) is 0 Å². The molecule has 1 aliphatic carbocycles. The van der Waals surface area contributed by atoms with Crippen molar-refractivity contribution in [3.05, 3.63) is 53.3 Å². The lowest BCUT2D eigenvalue weighted by molar-refractivity contribution is -0.140. The first kappa shape index (κ1) is 18.0. The monoisotopic (exact) mass is 378 g/mol. The van der Waals surface area contributed by atoms with Crippen LogP contribution >= 0.6 is 0 Å². The van der Waals surface area contributed by atoms with Crippen molar-refractivity contribution in [3.63, 3.8) is 0 Å². The van der Waals surface area contributed by atoms with Crippen molar-refractivity contribution in [2.24, 2.45) is 5.41 Å². The van der Waals surface area contributed by atoms with Crippen LogP contribution in [0.25, 0.3) is 0 Å². The van der Waals surface area contributed by atoms with Gasteiger partial charge in [0.05, 0.1) is 17.6 Å². The zero-order valence-electron chi connectivity index (χ0n) is 17.0. The SMILES string of the molecule is CCCCOC(=O)C1=C2Nc3ccccc3[C@]23CCN2CC=C[C@@](CC)(C1)[C@H]23. The number of hydrogen-bond donors (Lipinski definition) is 1. The van der Waals surface area contributed by atoms with Crippen LogP contribution in [0.1, 0.15) is 51.5 Å². The van der Waals surface area contributed by atoms with E-state index in [1.165, 1.54) is 11.3 Å². The largest absolute Gasteiger partial charge is 0.462 e. The lowest BCUT2D eigenvalue weighted by Crippen LogP contribution is -2.58. The van der Waals surface area contributed by atoms with Gasteiger partial charge in [0.1, 0.15) is 0 Å². The van der Waals surface area contributed by atoms with Crippen LogP contribution in [-0.2, 0) is 14.9 Å². The minimum Gasteiger partial charge on any atom is -0.462 e. The van der Waals surface area contributed by atoms with Crippen LogP contribution in [0.3, 0.4) is 0 Å². The maximum absolute atomic E-state index is 13.2. The summed E-state index contributed by atoms with van der Waals surface area (Å²) in [4.78, 5) is 15.9. The molecule has 0 bridgehead atoms. The second-order valence-electron chi connectivity index (χ2n) is 8.80. The van der Waals surface area contributed by atoms with E-state index in [-0.39, 0.29) is 16.8 Å². The molecule has 1 spiro atoms. The smallest absolute Gasteiger partial charge is 0.335 e. The summed E-state index contributed by atoms with van der Waals surface area (Å²) in [5.74, 6) is -0.119. The standard InChI is InChI=1S/C24H30N2O2/c1-3-5-15-28-21(27)17-16-23(4-2)11-8-13-26-14-12-24(22(23)26)18-9-6-7-10-19(18)25-20(17)24/h6-11,22,25H,3-5,12-16H2,1-2H3/t22-,23-,24+/m0/s1. The summed E-state index contributed by atoms with van der Waals surface area (Å²) in [6.07, 6.45) is 9.55. The molecule has 3 heterocycles. The minimum atomic E-state index is -0.119. The molecule has 0 saturated carbocycles. The number of para-hydroxylation sites is 1. The molecule has 3 aliphatic heterocycles. The van der Waals surface area contributed by atoms with Crippen LogP contribution in [0.5, 0.6) is 0 Å². The highest BCUT2D eigenvalue weighted by Gasteiger charge is 2.65. The number of fused-ring (bicyclic) bond motifs is 1. The molecule has 4 aliphatic rings. The molecular formula is C24H30N2O2. The molecular weight excluding hydrogens is 348 g/mol. The first-order chi connectivity index (χ1) is 13.7. The van der Waals surface area contributed by atoms with E-state index in [1.54, 1.807) is 0 Å². The number of nitrogens with one attached hydrogen (secondary N) is 1. The topological polar surface area (TPSA) is 41.6 Å². The molecule has 1 N–H and O–H groups in total. The second kappa shape index (κ2) is 6.48. The molecule has 0 radical (unpaired) electrons. The summed E-state index contributed by atoms with van der Waals surface area (Å²) in [6.45, 7) is 7.00. The van der Waals surface area contributed by atoms with Gasteiger partial charge < -0.3 is 10.1 Å². The Morgan fingerprint density at radius 3 is 3.00 bits per heavy atom. The van der Waals surface area contributed by atoms with Crippen LogP contribution in [0.4, 0.5) is 5.69 Å². The van der Waals surface area contributed by atoms with Gasteiger partial charge in [-0.05, 0) is 37.3 Å². The maximum atomic E-state index is 13.2. The normalized spacial score (nSPS) is 32.6. The molecule has 1 saturated heterocycles. The third-order valence-corrected chi connectivity index (χ3v) is 7.52. The Bertz CT molecular complexity index is 873. The zero-order valence-corrected chi connectivity index (χ0v) is 17.0. The average Bonchev–Trinajstić information content (AvgIpc) is 3.28. The summed E-state index contributed by atoms with van der Waals surface area (Å²) in [6, 6.07) is 9.06. The van der Waals surface area contributed by atoms with Gasteiger partial charge in [-0.15, -0.1) is 0 Å². The van der Waals surface area contributed by atoms with Crippen molar-refractivity contribution < 1.29 is 9.53 Å². The van der Waals surface area contributed by atoms with Gasteiger partial charge in [0, 0.05) is 35.9 Å². The number of carbonyl (C=O) groups excluding carboxylic acids is 1. The summed E-state index contributed by atoms with van der Waals surface area (Å²) in [5, 5.41) is 3.68. The second-order valence-corrected chi connectivity index (χ2v) is 8.80. The van der Waals surface area contributed by atoms with E-state index >= 15 is 0 Å². The molecule has 1 aromatic carbocycles. The fourth-order valence-electron chi connectivity index (χ4n) is 6.29. The highest BCUT2D eigenvalue weighted by molar-refractivity contribution is 5.93. The summed E-state index contributed by atoms with van der Waals surface area (Å²) in [7, 11) is 0. The van der Waals surface area contributed by atoms with E-state index in [0.717, 1.165) is 56.5 Å².